The number of rotatable bonds is 4. The van der Waals surface area contributed by atoms with Crippen LogP contribution in [0.5, 0.6) is 0 Å². The van der Waals surface area contributed by atoms with Gasteiger partial charge in [0.25, 0.3) is 0 Å². The average Bonchev–Trinajstić information content (AvgIpc) is 2.71. The van der Waals surface area contributed by atoms with Crippen LogP contribution < -0.4 is 5.32 Å². The van der Waals surface area contributed by atoms with Crippen LogP contribution >= 0.6 is 22.9 Å². The van der Waals surface area contributed by atoms with Gasteiger partial charge in [0.05, 0.1) is 6.00 Å². The molecule has 0 fully saturated rings. The van der Waals surface area contributed by atoms with Crippen molar-refractivity contribution in [2.24, 2.45) is 0 Å². The van der Waals surface area contributed by atoms with Gasteiger partial charge in [0.2, 0.25) is 0 Å². The van der Waals surface area contributed by atoms with Gasteiger partial charge >= 0.3 is 0 Å². The fourth-order valence-corrected chi connectivity index (χ4v) is 3.20. The van der Waals surface area contributed by atoms with Gasteiger partial charge in [0, 0.05) is 16.7 Å². The van der Waals surface area contributed by atoms with E-state index in [2.05, 4.69) is 48.8 Å². The van der Waals surface area contributed by atoms with E-state index in [0.29, 0.717) is 6.00 Å². The number of hydrogen-bond donors (Lipinski definition) is 1. The maximum Gasteiger partial charge on any atom is 0.0713 e. The van der Waals surface area contributed by atoms with Gasteiger partial charge in [-0.1, -0.05) is 32.0 Å². The molecule has 0 radical (unpaired) electrons. The highest BCUT2D eigenvalue weighted by Gasteiger charge is 2.23. The van der Waals surface area contributed by atoms with Crippen LogP contribution in [0, 0.1) is 0 Å². The van der Waals surface area contributed by atoms with Crippen molar-refractivity contribution in [1.29, 1.82) is 0 Å². The van der Waals surface area contributed by atoms with E-state index in [1.807, 2.05) is 11.3 Å². The number of nitrogens with one attached hydrogen (secondary N) is 1. The van der Waals surface area contributed by atoms with Crippen LogP contribution in [-0.4, -0.2) is 12.5 Å². The first kappa shape index (κ1) is 11.9. The molecule has 0 saturated heterocycles. The van der Waals surface area contributed by atoms with Gasteiger partial charge in [-0.25, -0.2) is 0 Å². The van der Waals surface area contributed by atoms with E-state index in [9.17, 15) is 0 Å². The summed E-state index contributed by atoms with van der Waals surface area (Å²) >= 11 is 7.49. The summed E-state index contributed by atoms with van der Waals surface area (Å²) in [6.07, 6.45) is 0. The molecule has 1 nitrogen and oxygen atoms in total. The molecule has 1 aromatic heterocycles. The Balaban J connectivity index is 2.38. The minimum absolute atomic E-state index is 0.120. The standard InChI is InChI=1S/C13H16ClNS/c1-13(2,8-15-9-14)11-7-16-12-6-4-3-5-10(11)12/h3-7,15H,8-9H2,1-2H3. The zero-order valence-electron chi connectivity index (χ0n) is 9.59. The Hall–Kier alpha value is -0.570. The molecule has 0 aliphatic carbocycles. The lowest BCUT2D eigenvalue weighted by Gasteiger charge is -2.24. The molecule has 86 valence electrons. The second kappa shape index (κ2) is 4.74. The predicted molar refractivity (Wildman–Crippen MR) is 73.6 cm³/mol. The van der Waals surface area contributed by atoms with Gasteiger partial charge in [0.15, 0.2) is 0 Å². The van der Waals surface area contributed by atoms with Crippen LogP contribution in [-0.2, 0) is 5.41 Å². The lowest BCUT2D eigenvalue weighted by atomic mass is 9.84. The Morgan fingerprint density at radius 2 is 2.06 bits per heavy atom. The highest BCUT2D eigenvalue weighted by atomic mass is 35.5. The minimum atomic E-state index is 0.120. The first-order valence-corrected chi connectivity index (χ1v) is 6.80. The van der Waals surface area contributed by atoms with Crippen LogP contribution in [0.25, 0.3) is 10.1 Å². The van der Waals surface area contributed by atoms with Gasteiger partial charge in [0.1, 0.15) is 0 Å². The van der Waals surface area contributed by atoms with Crippen LogP contribution in [0.4, 0.5) is 0 Å². The Bertz CT molecular complexity index is 475. The molecular weight excluding hydrogens is 238 g/mol. The molecule has 0 bridgehead atoms. The van der Waals surface area contributed by atoms with E-state index in [4.69, 9.17) is 11.6 Å². The maximum absolute atomic E-state index is 5.68. The summed E-state index contributed by atoms with van der Waals surface area (Å²) in [5, 5.41) is 6.85. The monoisotopic (exact) mass is 253 g/mol. The molecule has 0 unspecified atom stereocenters. The molecule has 16 heavy (non-hydrogen) atoms. The summed E-state index contributed by atoms with van der Waals surface area (Å²) in [4.78, 5) is 0. The van der Waals surface area contributed by atoms with Gasteiger partial charge in [-0.3, -0.25) is 0 Å². The van der Waals surface area contributed by atoms with Crippen LogP contribution in [0.2, 0.25) is 0 Å². The van der Waals surface area contributed by atoms with Gasteiger partial charge < -0.3 is 5.32 Å². The predicted octanol–water partition coefficient (Wildman–Crippen LogP) is 3.96. The van der Waals surface area contributed by atoms with Crippen molar-refractivity contribution in [3.63, 3.8) is 0 Å². The van der Waals surface area contributed by atoms with Crippen molar-refractivity contribution in [2.75, 3.05) is 12.5 Å². The lowest BCUT2D eigenvalue weighted by Crippen LogP contribution is -2.32. The number of halogens is 1. The number of benzene rings is 1. The van der Waals surface area contributed by atoms with Crippen molar-refractivity contribution in [1.82, 2.24) is 5.32 Å². The molecule has 0 saturated carbocycles. The Morgan fingerprint density at radius 3 is 2.81 bits per heavy atom. The zero-order valence-corrected chi connectivity index (χ0v) is 11.2. The number of hydrogen-bond acceptors (Lipinski definition) is 2. The second-order valence-electron chi connectivity index (χ2n) is 4.59. The molecule has 1 heterocycles. The molecular formula is C13H16ClNS. The van der Waals surface area contributed by atoms with Crippen molar-refractivity contribution >= 4 is 33.0 Å². The summed E-state index contributed by atoms with van der Waals surface area (Å²) in [5.74, 6) is 0. The molecule has 0 spiro atoms. The third-order valence-electron chi connectivity index (χ3n) is 2.87. The highest BCUT2D eigenvalue weighted by molar-refractivity contribution is 7.17. The van der Waals surface area contributed by atoms with Crippen molar-refractivity contribution in [2.45, 2.75) is 19.3 Å². The van der Waals surface area contributed by atoms with E-state index in [-0.39, 0.29) is 5.41 Å². The normalized spacial score (nSPS) is 12.2. The number of thiophene rings is 1. The second-order valence-corrected chi connectivity index (χ2v) is 5.77. The van der Waals surface area contributed by atoms with Crippen LogP contribution in [0.1, 0.15) is 19.4 Å². The molecule has 0 aliphatic heterocycles. The minimum Gasteiger partial charge on any atom is -0.303 e. The van der Waals surface area contributed by atoms with Gasteiger partial charge in [-0.05, 0) is 22.4 Å². The maximum atomic E-state index is 5.68. The first-order chi connectivity index (χ1) is 7.65. The van der Waals surface area contributed by atoms with Gasteiger partial charge in [-0.15, -0.1) is 22.9 Å². The van der Waals surface area contributed by atoms with E-state index < -0.39 is 0 Å². The Kier molecular flexibility index (Phi) is 3.53. The SMILES string of the molecule is CC(C)(CNCCl)c1csc2ccccc12. The van der Waals surface area contributed by atoms with Gasteiger partial charge in [-0.2, -0.15) is 0 Å². The van der Waals surface area contributed by atoms with Crippen LogP contribution in [0.3, 0.4) is 0 Å². The van der Waals surface area contributed by atoms with Crippen LogP contribution in [0.15, 0.2) is 29.6 Å². The lowest BCUT2D eigenvalue weighted by molar-refractivity contribution is 0.494. The first-order valence-electron chi connectivity index (χ1n) is 5.38. The Labute approximate surface area is 105 Å². The highest BCUT2D eigenvalue weighted by Crippen LogP contribution is 2.34. The summed E-state index contributed by atoms with van der Waals surface area (Å²) < 4.78 is 1.36. The third kappa shape index (κ3) is 2.24. The summed E-state index contributed by atoms with van der Waals surface area (Å²) in [6.45, 7) is 5.40. The summed E-state index contributed by atoms with van der Waals surface area (Å²) in [7, 11) is 0. The molecule has 0 aliphatic rings. The average molecular weight is 254 g/mol. The largest absolute Gasteiger partial charge is 0.303 e. The number of alkyl halides is 1. The molecule has 2 aromatic rings. The molecule has 0 atom stereocenters. The molecule has 2 rings (SSSR count). The van der Waals surface area contributed by atoms with Crippen molar-refractivity contribution in [3.8, 4) is 0 Å². The Morgan fingerprint density at radius 1 is 1.31 bits per heavy atom. The van der Waals surface area contributed by atoms with Crippen molar-refractivity contribution < 1.29 is 0 Å². The van der Waals surface area contributed by atoms with E-state index in [0.717, 1.165) is 6.54 Å². The fourth-order valence-electron chi connectivity index (χ4n) is 1.96. The molecule has 3 heteroatoms. The molecule has 0 amide bonds. The van der Waals surface area contributed by atoms with Crippen molar-refractivity contribution in [3.05, 3.63) is 35.2 Å². The number of fused-ring (bicyclic) bond motifs is 1. The summed E-state index contributed by atoms with van der Waals surface area (Å²) in [5.41, 5.74) is 1.53. The fraction of sp³-hybridized carbons (Fsp3) is 0.385. The van der Waals surface area contributed by atoms with E-state index in [1.54, 1.807) is 0 Å². The third-order valence-corrected chi connectivity index (χ3v) is 4.02. The van der Waals surface area contributed by atoms with E-state index in [1.165, 1.54) is 15.6 Å². The quantitative estimate of drug-likeness (QED) is 0.642. The topological polar surface area (TPSA) is 12.0 Å². The molecule has 1 N–H and O–H groups in total. The van der Waals surface area contributed by atoms with E-state index >= 15 is 0 Å². The smallest absolute Gasteiger partial charge is 0.0713 e. The zero-order chi connectivity index (χ0) is 11.6. The molecule has 1 aromatic carbocycles. The summed E-state index contributed by atoms with van der Waals surface area (Å²) in [6, 6.07) is 9.07.